The standard InChI is InChI=1S/C17H25N3O.2ClH/c18-17(9-5-2-6-10-17)16(21)20-13-11-19(12-14-20)15-7-3-1-4-8-15;;/h1,3-4,7-8H,2,5-6,9-14,18H2;2*1H. The molecule has 130 valence electrons. The molecule has 6 heteroatoms. The summed E-state index contributed by atoms with van der Waals surface area (Å²) in [6.07, 6.45) is 5.10. The molecule has 4 nitrogen and oxygen atoms in total. The van der Waals surface area contributed by atoms with Gasteiger partial charge in [0.1, 0.15) is 0 Å². The smallest absolute Gasteiger partial charge is 0.242 e. The van der Waals surface area contributed by atoms with Gasteiger partial charge in [-0.3, -0.25) is 4.79 Å². The first-order valence-electron chi connectivity index (χ1n) is 8.07. The number of hydrogen-bond donors (Lipinski definition) is 1. The summed E-state index contributed by atoms with van der Waals surface area (Å²) in [5, 5.41) is 0. The van der Waals surface area contributed by atoms with Crippen molar-refractivity contribution in [2.24, 2.45) is 5.73 Å². The van der Waals surface area contributed by atoms with Crippen molar-refractivity contribution in [3.63, 3.8) is 0 Å². The van der Waals surface area contributed by atoms with E-state index in [-0.39, 0.29) is 30.7 Å². The second kappa shape index (κ2) is 8.76. The molecule has 0 unspecified atom stereocenters. The molecule has 3 rings (SSSR count). The van der Waals surface area contributed by atoms with Crippen LogP contribution >= 0.6 is 24.8 Å². The van der Waals surface area contributed by atoms with Gasteiger partial charge in [-0.2, -0.15) is 0 Å². The molecule has 1 heterocycles. The number of anilines is 1. The molecule has 1 aromatic rings. The van der Waals surface area contributed by atoms with Crippen molar-refractivity contribution in [3.8, 4) is 0 Å². The number of carbonyl (C=O) groups excluding carboxylic acids is 1. The zero-order chi connectivity index (χ0) is 14.7. The molecular weight excluding hydrogens is 333 g/mol. The normalized spacial score (nSPS) is 20.2. The van der Waals surface area contributed by atoms with Crippen molar-refractivity contribution in [3.05, 3.63) is 30.3 Å². The van der Waals surface area contributed by atoms with Gasteiger partial charge >= 0.3 is 0 Å². The molecule has 0 bridgehead atoms. The number of carbonyl (C=O) groups is 1. The van der Waals surface area contributed by atoms with Crippen LogP contribution in [0.4, 0.5) is 5.69 Å². The maximum absolute atomic E-state index is 12.7. The monoisotopic (exact) mass is 359 g/mol. The van der Waals surface area contributed by atoms with Gasteiger partial charge in [0.15, 0.2) is 0 Å². The number of hydrogen-bond acceptors (Lipinski definition) is 3. The Morgan fingerprint density at radius 3 is 2.04 bits per heavy atom. The van der Waals surface area contributed by atoms with E-state index < -0.39 is 5.54 Å². The Labute approximate surface area is 151 Å². The van der Waals surface area contributed by atoms with Crippen LogP contribution in [0, 0.1) is 0 Å². The third-order valence-corrected chi connectivity index (χ3v) is 4.86. The van der Waals surface area contributed by atoms with Crippen molar-refractivity contribution in [1.29, 1.82) is 0 Å². The molecule has 0 radical (unpaired) electrons. The fourth-order valence-electron chi connectivity index (χ4n) is 3.52. The van der Waals surface area contributed by atoms with E-state index >= 15 is 0 Å². The van der Waals surface area contributed by atoms with E-state index in [4.69, 9.17) is 5.73 Å². The SMILES string of the molecule is Cl.Cl.NC1(C(=O)N2CCN(c3ccccc3)CC2)CCCCC1. The highest BCUT2D eigenvalue weighted by Gasteiger charge is 2.39. The number of amides is 1. The van der Waals surface area contributed by atoms with Crippen LogP contribution < -0.4 is 10.6 Å². The summed E-state index contributed by atoms with van der Waals surface area (Å²) in [5.74, 6) is 0.176. The van der Waals surface area contributed by atoms with E-state index in [1.54, 1.807) is 0 Å². The Morgan fingerprint density at radius 2 is 1.48 bits per heavy atom. The van der Waals surface area contributed by atoms with Gasteiger partial charge in [-0.15, -0.1) is 24.8 Å². The van der Waals surface area contributed by atoms with E-state index in [1.165, 1.54) is 12.1 Å². The van der Waals surface area contributed by atoms with Crippen LogP contribution in [0.2, 0.25) is 0 Å². The zero-order valence-electron chi connectivity index (χ0n) is 13.4. The average Bonchev–Trinajstić information content (AvgIpc) is 2.56. The topological polar surface area (TPSA) is 49.6 Å². The van der Waals surface area contributed by atoms with Gasteiger partial charge in [0.2, 0.25) is 5.91 Å². The molecule has 23 heavy (non-hydrogen) atoms. The van der Waals surface area contributed by atoms with Gasteiger partial charge < -0.3 is 15.5 Å². The van der Waals surface area contributed by atoms with Crippen molar-refractivity contribution in [2.75, 3.05) is 31.1 Å². The number of nitrogens with two attached hydrogens (primary N) is 1. The van der Waals surface area contributed by atoms with Crippen molar-refractivity contribution in [2.45, 2.75) is 37.6 Å². The maximum atomic E-state index is 12.7. The van der Waals surface area contributed by atoms with E-state index in [2.05, 4.69) is 29.2 Å². The largest absolute Gasteiger partial charge is 0.368 e. The van der Waals surface area contributed by atoms with Crippen LogP contribution in [0.3, 0.4) is 0 Å². The molecule has 1 saturated carbocycles. The second-order valence-corrected chi connectivity index (χ2v) is 6.33. The molecular formula is C17H27Cl2N3O. The summed E-state index contributed by atoms with van der Waals surface area (Å²) in [4.78, 5) is 17.0. The van der Waals surface area contributed by atoms with Crippen LogP contribution in [0.25, 0.3) is 0 Å². The summed E-state index contributed by atoms with van der Waals surface area (Å²) >= 11 is 0. The Hall–Kier alpha value is -0.970. The first-order chi connectivity index (χ1) is 10.2. The van der Waals surface area contributed by atoms with E-state index in [1.807, 2.05) is 11.0 Å². The highest BCUT2D eigenvalue weighted by Crippen LogP contribution is 2.28. The van der Waals surface area contributed by atoms with Crippen molar-refractivity contribution < 1.29 is 4.79 Å². The van der Waals surface area contributed by atoms with Gasteiger partial charge in [0.05, 0.1) is 5.54 Å². The highest BCUT2D eigenvalue weighted by molar-refractivity contribution is 5.86. The average molecular weight is 360 g/mol. The van der Waals surface area contributed by atoms with Crippen LogP contribution in [0.15, 0.2) is 30.3 Å². The molecule has 1 saturated heterocycles. The van der Waals surface area contributed by atoms with Gasteiger partial charge in [-0.1, -0.05) is 37.5 Å². The van der Waals surface area contributed by atoms with E-state index in [9.17, 15) is 4.79 Å². The zero-order valence-corrected chi connectivity index (χ0v) is 15.1. The minimum absolute atomic E-state index is 0. The van der Waals surface area contributed by atoms with Crippen molar-refractivity contribution in [1.82, 2.24) is 4.90 Å². The number of piperazine rings is 1. The van der Waals surface area contributed by atoms with Crippen LogP contribution in [-0.4, -0.2) is 42.5 Å². The predicted molar refractivity (Wildman–Crippen MR) is 99.7 cm³/mol. The summed E-state index contributed by atoms with van der Waals surface area (Å²) in [7, 11) is 0. The number of rotatable bonds is 2. The summed E-state index contributed by atoms with van der Waals surface area (Å²) < 4.78 is 0. The molecule has 1 amide bonds. The Bertz CT molecular complexity index is 484. The molecule has 0 spiro atoms. The van der Waals surface area contributed by atoms with Crippen LogP contribution in [0.5, 0.6) is 0 Å². The fourth-order valence-corrected chi connectivity index (χ4v) is 3.52. The third-order valence-electron chi connectivity index (χ3n) is 4.86. The fraction of sp³-hybridized carbons (Fsp3) is 0.588. The quantitative estimate of drug-likeness (QED) is 0.882. The molecule has 2 aliphatic rings. The Kier molecular flexibility index (Phi) is 7.65. The molecule has 1 aliphatic heterocycles. The van der Waals surface area contributed by atoms with E-state index in [0.717, 1.165) is 51.9 Å². The molecule has 2 N–H and O–H groups in total. The maximum Gasteiger partial charge on any atom is 0.242 e. The third kappa shape index (κ3) is 4.52. The minimum atomic E-state index is -0.590. The van der Waals surface area contributed by atoms with Crippen LogP contribution in [-0.2, 0) is 4.79 Å². The summed E-state index contributed by atoms with van der Waals surface area (Å²) in [6.45, 7) is 3.36. The van der Waals surface area contributed by atoms with Gasteiger partial charge in [-0.25, -0.2) is 0 Å². The first kappa shape index (κ1) is 20.1. The summed E-state index contributed by atoms with van der Waals surface area (Å²) in [5.41, 5.74) is 7.02. The molecule has 2 fully saturated rings. The molecule has 0 atom stereocenters. The number of halogens is 2. The van der Waals surface area contributed by atoms with E-state index in [0.29, 0.717) is 0 Å². The Balaban J connectivity index is 0.00000132. The predicted octanol–water partition coefficient (Wildman–Crippen LogP) is 2.84. The lowest BCUT2D eigenvalue weighted by Crippen LogP contribution is -2.60. The number of benzene rings is 1. The lowest BCUT2D eigenvalue weighted by atomic mass is 9.81. The number of nitrogens with zero attached hydrogens (tertiary/aromatic N) is 2. The lowest BCUT2D eigenvalue weighted by molar-refractivity contribution is -0.138. The van der Waals surface area contributed by atoms with Gasteiger partial charge in [-0.05, 0) is 25.0 Å². The first-order valence-corrected chi connectivity index (χ1v) is 8.07. The molecule has 1 aromatic carbocycles. The van der Waals surface area contributed by atoms with Crippen LogP contribution in [0.1, 0.15) is 32.1 Å². The second-order valence-electron chi connectivity index (χ2n) is 6.33. The number of para-hydroxylation sites is 1. The minimum Gasteiger partial charge on any atom is -0.368 e. The Morgan fingerprint density at radius 1 is 0.913 bits per heavy atom. The highest BCUT2D eigenvalue weighted by atomic mass is 35.5. The lowest BCUT2D eigenvalue weighted by Gasteiger charge is -2.41. The molecule has 0 aromatic heterocycles. The van der Waals surface area contributed by atoms with Crippen molar-refractivity contribution >= 4 is 36.4 Å². The van der Waals surface area contributed by atoms with Gasteiger partial charge in [0, 0.05) is 31.9 Å². The molecule has 1 aliphatic carbocycles. The van der Waals surface area contributed by atoms with Gasteiger partial charge in [0.25, 0.3) is 0 Å². The summed E-state index contributed by atoms with van der Waals surface area (Å²) in [6, 6.07) is 10.4.